The Morgan fingerprint density at radius 1 is 0.650 bits per heavy atom. The van der Waals surface area contributed by atoms with Crippen LogP contribution in [0.25, 0.3) is 0 Å². The molecule has 0 radical (unpaired) electrons. The second-order valence-electron chi connectivity index (χ2n) is 16.2. The first-order valence-electron chi connectivity index (χ1n) is 20.6. The van der Waals surface area contributed by atoms with Crippen molar-refractivity contribution in [2.45, 2.75) is 61.6 Å². The van der Waals surface area contributed by atoms with E-state index in [0.29, 0.717) is 58.2 Å². The van der Waals surface area contributed by atoms with Gasteiger partial charge in [0.15, 0.2) is 10.3 Å². The first-order valence-corrected chi connectivity index (χ1v) is 22.2. The van der Waals surface area contributed by atoms with Crippen molar-refractivity contribution in [1.29, 1.82) is 0 Å². The van der Waals surface area contributed by atoms with Crippen LogP contribution in [0, 0.1) is 25.7 Å². The van der Waals surface area contributed by atoms with Crippen LogP contribution in [0.2, 0.25) is 0 Å². The molecule has 2 aliphatic rings. The lowest BCUT2D eigenvalue weighted by Crippen LogP contribution is -2.47. The van der Waals surface area contributed by atoms with Gasteiger partial charge in [-0.2, -0.15) is 0 Å². The summed E-state index contributed by atoms with van der Waals surface area (Å²) >= 11 is 2.97. The summed E-state index contributed by atoms with van der Waals surface area (Å²) in [6, 6.07) is 10.8. The van der Waals surface area contributed by atoms with Crippen LogP contribution in [0.15, 0.2) is 48.8 Å². The van der Waals surface area contributed by atoms with E-state index in [2.05, 4.69) is 80.7 Å². The number of hydrogen-bond donors (Lipinski definition) is 4. The molecule has 5 amide bonds. The van der Waals surface area contributed by atoms with Gasteiger partial charge in [-0.1, -0.05) is 39.8 Å². The lowest BCUT2D eigenvalue weighted by atomic mass is 10.2. The first-order chi connectivity index (χ1) is 28.7. The number of nitrogens with one attached hydrogen (secondary N) is 4. The van der Waals surface area contributed by atoms with Gasteiger partial charge in [0, 0.05) is 94.5 Å². The van der Waals surface area contributed by atoms with E-state index in [4.69, 9.17) is 9.47 Å². The number of amides is 5. The number of carbonyl (C=O) groups is 3. The van der Waals surface area contributed by atoms with E-state index in [9.17, 15) is 14.4 Å². The average Bonchev–Trinajstić information content (AvgIpc) is 3.84. The number of anilines is 4. The Morgan fingerprint density at radius 3 is 1.47 bits per heavy atom. The largest absolute Gasteiger partial charge is 0.491 e. The van der Waals surface area contributed by atoms with Gasteiger partial charge in [0.2, 0.25) is 5.91 Å². The topological polar surface area (TPSA) is 157 Å². The number of rotatable bonds is 14. The van der Waals surface area contributed by atoms with Crippen LogP contribution in [0.5, 0.6) is 11.5 Å². The van der Waals surface area contributed by atoms with Gasteiger partial charge >= 0.3 is 12.1 Å². The maximum atomic E-state index is 12.5. The number of nitrogens with zero attached hydrogens (tertiary/aromatic N) is 6. The monoisotopic (exact) mass is 862 g/mol. The minimum Gasteiger partial charge on any atom is -0.491 e. The Balaban J connectivity index is 0.000000228. The summed E-state index contributed by atoms with van der Waals surface area (Å²) in [6.07, 6.45) is 3.64. The molecule has 60 heavy (non-hydrogen) atoms. The minimum absolute atomic E-state index is 0.126. The van der Waals surface area contributed by atoms with Crippen molar-refractivity contribution >= 4 is 62.3 Å². The molecular weight excluding hydrogens is 801 g/mol. The molecule has 0 atom stereocenters. The third-order valence-electron chi connectivity index (χ3n) is 9.64. The van der Waals surface area contributed by atoms with E-state index in [1.54, 1.807) is 13.1 Å². The highest BCUT2D eigenvalue weighted by atomic mass is 32.1. The number of aromatic nitrogens is 2. The molecule has 2 aliphatic heterocycles. The summed E-state index contributed by atoms with van der Waals surface area (Å²) in [6.45, 7) is 24.2. The van der Waals surface area contributed by atoms with Crippen molar-refractivity contribution in [1.82, 2.24) is 29.6 Å². The Labute approximate surface area is 362 Å². The molecule has 4 heterocycles. The third-order valence-corrected chi connectivity index (χ3v) is 11.4. The van der Waals surface area contributed by atoms with Crippen molar-refractivity contribution in [3.8, 4) is 11.5 Å². The highest BCUT2D eigenvalue weighted by molar-refractivity contribution is 7.16. The van der Waals surface area contributed by atoms with Crippen LogP contribution in [-0.2, 0) is 17.9 Å². The molecule has 326 valence electrons. The second-order valence-corrected chi connectivity index (χ2v) is 18.4. The summed E-state index contributed by atoms with van der Waals surface area (Å²) in [4.78, 5) is 56.2. The first kappa shape index (κ1) is 46.3. The summed E-state index contributed by atoms with van der Waals surface area (Å²) in [5.41, 5.74) is 3.44. The highest BCUT2D eigenvalue weighted by Crippen LogP contribution is 2.29. The zero-order chi connectivity index (χ0) is 43.2. The molecule has 0 saturated carbocycles. The fraction of sp³-hybridized carbons (Fsp3) is 0.512. The lowest BCUT2D eigenvalue weighted by molar-refractivity contribution is -0.130. The van der Waals surface area contributed by atoms with Crippen molar-refractivity contribution in [2.75, 3.05) is 93.9 Å². The summed E-state index contributed by atoms with van der Waals surface area (Å²) < 4.78 is 11.7. The van der Waals surface area contributed by atoms with E-state index in [1.165, 1.54) is 22.7 Å². The van der Waals surface area contributed by atoms with Crippen LogP contribution in [-0.4, -0.2) is 120 Å². The predicted octanol–water partition coefficient (Wildman–Crippen LogP) is 7.67. The van der Waals surface area contributed by atoms with Gasteiger partial charge in [-0.15, -0.1) is 22.7 Å². The molecule has 2 saturated heterocycles. The van der Waals surface area contributed by atoms with Gasteiger partial charge in [-0.25, -0.2) is 19.6 Å². The smallest absolute Gasteiger partial charge is 0.325 e. The Bertz CT molecular complexity index is 2000. The molecule has 4 N–H and O–H groups in total. The van der Waals surface area contributed by atoms with E-state index < -0.39 is 0 Å². The molecule has 0 bridgehead atoms. The lowest BCUT2D eigenvalue weighted by Gasteiger charge is -2.33. The number of carbonyl (C=O) groups excluding carboxylic acids is 3. The van der Waals surface area contributed by atoms with Crippen LogP contribution >= 0.6 is 22.7 Å². The van der Waals surface area contributed by atoms with E-state index in [1.807, 2.05) is 61.3 Å². The zero-order valence-corrected chi connectivity index (χ0v) is 37.9. The number of ether oxygens (including phenoxy) is 2. The van der Waals surface area contributed by atoms with Crippen LogP contribution in [0.1, 0.15) is 55.5 Å². The van der Waals surface area contributed by atoms with Crippen LogP contribution < -0.4 is 30.7 Å². The molecule has 0 aliphatic carbocycles. The molecule has 4 aromatic rings. The maximum Gasteiger partial charge on any atom is 0.325 e. The molecule has 2 aromatic heterocycles. The van der Waals surface area contributed by atoms with Crippen molar-refractivity contribution in [2.24, 2.45) is 11.8 Å². The van der Waals surface area contributed by atoms with E-state index in [0.717, 1.165) is 86.3 Å². The Morgan fingerprint density at radius 2 is 1.07 bits per heavy atom. The molecule has 15 nitrogen and oxygen atoms in total. The Hall–Kier alpha value is -4.81. The minimum atomic E-state index is -0.353. The molecule has 2 aromatic carbocycles. The van der Waals surface area contributed by atoms with Crippen molar-refractivity contribution < 1.29 is 23.9 Å². The Kier molecular flexibility index (Phi) is 17.5. The molecular formula is C43H62N10O5S2. The molecule has 17 heteroatoms. The summed E-state index contributed by atoms with van der Waals surface area (Å²) in [7, 11) is 2.15. The third kappa shape index (κ3) is 15.3. The van der Waals surface area contributed by atoms with Gasteiger partial charge in [-0.3, -0.25) is 25.2 Å². The van der Waals surface area contributed by atoms with Crippen LogP contribution in [0.4, 0.5) is 31.2 Å². The summed E-state index contributed by atoms with van der Waals surface area (Å²) in [5.74, 6) is 2.27. The van der Waals surface area contributed by atoms with Gasteiger partial charge in [0.05, 0.1) is 24.6 Å². The molecule has 6 rings (SSSR count). The van der Waals surface area contributed by atoms with Crippen molar-refractivity contribution in [3.63, 3.8) is 0 Å². The fourth-order valence-corrected chi connectivity index (χ4v) is 7.96. The average molecular weight is 863 g/mol. The van der Waals surface area contributed by atoms with E-state index in [-0.39, 0.29) is 18.0 Å². The SMILES string of the molecule is CC(=O)N1CCN(Cc2cnc(NC(=O)Nc3ccc(C)cc3OCC(C)C)s2)CC1.Cc1ccc(NC(=O)Nc2ncc(CN3CCN(C)CC3)s2)c(OCC(C)C)c1. The normalized spacial score (nSPS) is 15.0. The fourth-order valence-electron chi connectivity index (χ4n) is 6.26. The maximum absolute atomic E-state index is 12.5. The van der Waals surface area contributed by atoms with Gasteiger partial charge < -0.3 is 29.9 Å². The molecule has 2 fully saturated rings. The van der Waals surface area contributed by atoms with Gasteiger partial charge in [-0.05, 0) is 68.1 Å². The standard InChI is InChI=1S/C22H31N5O3S.C21H31N5O2S/c1-15(2)14-30-20-11-16(3)5-6-19(20)24-21(29)25-22-23-12-18(31-22)13-26-7-9-27(10-8-26)17(4)28;1-15(2)14-28-19-11-16(3)5-6-18(19)23-20(27)24-21-22-12-17(29-21)13-26-9-7-25(4)8-10-26/h5-6,11-12,15H,7-10,13-14H2,1-4H3,(H2,23,24,25,29);5-6,11-12,15H,7-10,13-14H2,1-4H3,(H2,22,23,24,27). The highest BCUT2D eigenvalue weighted by Gasteiger charge is 2.20. The zero-order valence-electron chi connectivity index (χ0n) is 36.3. The van der Waals surface area contributed by atoms with E-state index >= 15 is 0 Å². The second kappa shape index (κ2) is 22.7. The van der Waals surface area contributed by atoms with Gasteiger partial charge in [0.25, 0.3) is 0 Å². The number of benzene rings is 2. The molecule has 0 spiro atoms. The number of likely N-dealkylation sites (N-methyl/N-ethyl adjacent to an activating group) is 1. The number of urea groups is 2. The van der Waals surface area contributed by atoms with Gasteiger partial charge in [0.1, 0.15) is 11.5 Å². The van der Waals surface area contributed by atoms with Crippen LogP contribution in [0.3, 0.4) is 0 Å². The number of aryl methyl sites for hydroxylation is 2. The number of piperazine rings is 2. The molecule has 0 unspecified atom stereocenters. The summed E-state index contributed by atoms with van der Waals surface area (Å²) in [5, 5.41) is 12.5. The quantitative estimate of drug-likeness (QED) is 0.0993. The number of hydrogen-bond acceptors (Lipinski definition) is 12. The predicted molar refractivity (Wildman–Crippen MR) is 243 cm³/mol. The van der Waals surface area contributed by atoms with Crippen molar-refractivity contribution in [3.05, 3.63) is 69.7 Å². The number of thiazole rings is 2.